The van der Waals surface area contributed by atoms with Crippen LogP contribution in [-0.4, -0.2) is 50.3 Å². The standard InChI is InChI=1S/C17H36N2O/c1-15(2)18-11-7-5-6-8-12-19(13-14-20-4)16(3)17-9-10-17/h15-18H,5-14H2,1-4H3. The SMILES string of the molecule is COCCN(CCCCCCNC(C)C)C(C)C1CC1. The summed E-state index contributed by atoms with van der Waals surface area (Å²) >= 11 is 0. The molecule has 120 valence electrons. The Kier molecular flexibility index (Phi) is 9.49. The first kappa shape index (κ1) is 17.9. The highest BCUT2D eigenvalue weighted by molar-refractivity contribution is 4.85. The van der Waals surface area contributed by atoms with Gasteiger partial charge in [-0.1, -0.05) is 26.7 Å². The van der Waals surface area contributed by atoms with Gasteiger partial charge in [0.15, 0.2) is 0 Å². The van der Waals surface area contributed by atoms with Crippen molar-refractivity contribution in [3.8, 4) is 0 Å². The molecule has 0 aromatic rings. The fourth-order valence-corrected chi connectivity index (χ4v) is 2.79. The molecule has 1 unspecified atom stereocenters. The third-order valence-corrected chi connectivity index (χ3v) is 4.39. The van der Waals surface area contributed by atoms with Crippen LogP contribution in [0.2, 0.25) is 0 Å². The second-order valence-electron chi connectivity index (χ2n) is 6.63. The maximum absolute atomic E-state index is 5.25. The van der Waals surface area contributed by atoms with E-state index in [1.807, 2.05) is 7.11 Å². The van der Waals surface area contributed by atoms with E-state index in [-0.39, 0.29) is 0 Å². The van der Waals surface area contributed by atoms with Crippen molar-refractivity contribution >= 4 is 0 Å². The summed E-state index contributed by atoms with van der Waals surface area (Å²) in [7, 11) is 1.81. The molecule has 0 spiro atoms. The summed E-state index contributed by atoms with van der Waals surface area (Å²) < 4.78 is 5.25. The highest BCUT2D eigenvalue weighted by Gasteiger charge is 2.31. The van der Waals surface area contributed by atoms with Crippen LogP contribution in [0, 0.1) is 5.92 Å². The second-order valence-corrected chi connectivity index (χ2v) is 6.63. The first-order valence-corrected chi connectivity index (χ1v) is 8.61. The number of ether oxygens (including phenoxy) is 1. The van der Waals surface area contributed by atoms with Gasteiger partial charge in [0, 0.05) is 25.7 Å². The van der Waals surface area contributed by atoms with Crippen molar-refractivity contribution in [1.82, 2.24) is 10.2 Å². The zero-order valence-electron chi connectivity index (χ0n) is 14.2. The molecular weight excluding hydrogens is 248 g/mol. The van der Waals surface area contributed by atoms with E-state index >= 15 is 0 Å². The molecule has 1 aliphatic carbocycles. The van der Waals surface area contributed by atoms with Crippen LogP contribution >= 0.6 is 0 Å². The molecule has 1 rings (SSSR count). The Labute approximate surface area is 126 Å². The largest absolute Gasteiger partial charge is 0.383 e. The van der Waals surface area contributed by atoms with Crippen molar-refractivity contribution in [2.75, 3.05) is 33.4 Å². The average Bonchev–Trinajstić information content (AvgIpc) is 3.24. The molecule has 1 N–H and O–H groups in total. The van der Waals surface area contributed by atoms with Crippen LogP contribution in [0.15, 0.2) is 0 Å². The number of hydrogen-bond acceptors (Lipinski definition) is 3. The highest BCUT2D eigenvalue weighted by Crippen LogP contribution is 2.35. The molecule has 1 saturated carbocycles. The van der Waals surface area contributed by atoms with Gasteiger partial charge in [0.25, 0.3) is 0 Å². The molecule has 0 amide bonds. The minimum Gasteiger partial charge on any atom is -0.383 e. The van der Waals surface area contributed by atoms with Crippen LogP contribution in [0.1, 0.15) is 59.3 Å². The number of nitrogens with zero attached hydrogens (tertiary/aromatic N) is 1. The predicted octanol–water partition coefficient (Wildman–Crippen LogP) is 3.29. The topological polar surface area (TPSA) is 24.5 Å². The minimum absolute atomic E-state index is 0.624. The van der Waals surface area contributed by atoms with Gasteiger partial charge in [-0.05, 0) is 51.6 Å². The number of unbranched alkanes of at least 4 members (excludes halogenated alkanes) is 3. The van der Waals surface area contributed by atoms with Crippen LogP contribution in [0.5, 0.6) is 0 Å². The van der Waals surface area contributed by atoms with Crippen LogP contribution in [-0.2, 0) is 4.74 Å². The molecule has 0 radical (unpaired) electrons. The van der Waals surface area contributed by atoms with E-state index in [0.29, 0.717) is 6.04 Å². The molecule has 0 aliphatic heterocycles. The van der Waals surface area contributed by atoms with E-state index in [2.05, 4.69) is 31.0 Å². The van der Waals surface area contributed by atoms with Crippen LogP contribution < -0.4 is 5.32 Å². The molecule has 1 aliphatic rings. The van der Waals surface area contributed by atoms with Crippen molar-refractivity contribution < 1.29 is 4.74 Å². The van der Waals surface area contributed by atoms with Gasteiger partial charge in [0.1, 0.15) is 0 Å². The lowest BCUT2D eigenvalue weighted by atomic mass is 10.1. The predicted molar refractivity (Wildman–Crippen MR) is 87.2 cm³/mol. The molecular formula is C17H36N2O. The van der Waals surface area contributed by atoms with Crippen LogP contribution in [0.3, 0.4) is 0 Å². The van der Waals surface area contributed by atoms with Gasteiger partial charge in [0.05, 0.1) is 6.61 Å². The van der Waals surface area contributed by atoms with Crippen molar-refractivity contribution in [2.24, 2.45) is 5.92 Å². The summed E-state index contributed by atoms with van der Waals surface area (Å²) in [5.74, 6) is 0.960. The lowest BCUT2D eigenvalue weighted by Gasteiger charge is -2.29. The van der Waals surface area contributed by atoms with Crippen LogP contribution in [0.25, 0.3) is 0 Å². The van der Waals surface area contributed by atoms with Gasteiger partial charge in [-0.15, -0.1) is 0 Å². The summed E-state index contributed by atoms with van der Waals surface area (Å²) in [5, 5.41) is 3.49. The summed E-state index contributed by atoms with van der Waals surface area (Å²) in [6.45, 7) is 11.2. The molecule has 3 heteroatoms. The summed E-state index contributed by atoms with van der Waals surface area (Å²) in [5.41, 5.74) is 0. The third-order valence-electron chi connectivity index (χ3n) is 4.39. The molecule has 0 saturated heterocycles. The quantitative estimate of drug-likeness (QED) is 0.525. The van der Waals surface area contributed by atoms with Gasteiger partial charge >= 0.3 is 0 Å². The second kappa shape index (κ2) is 10.6. The molecule has 0 heterocycles. The first-order chi connectivity index (χ1) is 9.65. The molecule has 3 nitrogen and oxygen atoms in total. The van der Waals surface area contributed by atoms with E-state index in [9.17, 15) is 0 Å². The van der Waals surface area contributed by atoms with Crippen molar-refractivity contribution in [1.29, 1.82) is 0 Å². The Morgan fingerprint density at radius 3 is 2.35 bits per heavy atom. The van der Waals surface area contributed by atoms with Crippen LogP contribution in [0.4, 0.5) is 0 Å². The minimum atomic E-state index is 0.624. The van der Waals surface area contributed by atoms with Crippen molar-refractivity contribution in [2.45, 2.75) is 71.4 Å². The van der Waals surface area contributed by atoms with Crippen molar-refractivity contribution in [3.05, 3.63) is 0 Å². The maximum atomic E-state index is 5.25. The average molecular weight is 284 g/mol. The van der Waals surface area contributed by atoms with E-state index < -0.39 is 0 Å². The van der Waals surface area contributed by atoms with E-state index in [4.69, 9.17) is 4.74 Å². The Morgan fingerprint density at radius 1 is 1.05 bits per heavy atom. The zero-order chi connectivity index (χ0) is 14.8. The Morgan fingerprint density at radius 2 is 1.75 bits per heavy atom. The lowest BCUT2D eigenvalue weighted by Crippen LogP contribution is -2.37. The number of hydrogen-bond donors (Lipinski definition) is 1. The highest BCUT2D eigenvalue weighted by atomic mass is 16.5. The Hall–Kier alpha value is -0.120. The third kappa shape index (κ3) is 8.23. The maximum Gasteiger partial charge on any atom is 0.0589 e. The molecule has 0 aromatic heterocycles. The number of nitrogens with one attached hydrogen (secondary N) is 1. The summed E-state index contributed by atoms with van der Waals surface area (Å²) in [4.78, 5) is 2.65. The fraction of sp³-hybridized carbons (Fsp3) is 1.00. The lowest BCUT2D eigenvalue weighted by molar-refractivity contribution is 0.115. The van der Waals surface area contributed by atoms with Gasteiger partial charge in [0.2, 0.25) is 0 Å². The summed E-state index contributed by atoms with van der Waals surface area (Å²) in [6.07, 6.45) is 8.24. The molecule has 0 aromatic carbocycles. The zero-order valence-corrected chi connectivity index (χ0v) is 14.2. The number of rotatable bonds is 13. The smallest absolute Gasteiger partial charge is 0.0589 e. The molecule has 0 bridgehead atoms. The fourth-order valence-electron chi connectivity index (χ4n) is 2.79. The van der Waals surface area contributed by atoms with E-state index in [1.165, 1.54) is 51.6 Å². The number of methoxy groups -OCH3 is 1. The van der Waals surface area contributed by atoms with Crippen molar-refractivity contribution in [3.63, 3.8) is 0 Å². The molecule has 20 heavy (non-hydrogen) atoms. The van der Waals surface area contributed by atoms with Gasteiger partial charge in [-0.3, -0.25) is 4.90 Å². The molecule has 1 fully saturated rings. The first-order valence-electron chi connectivity index (χ1n) is 8.61. The van der Waals surface area contributed by atoms with Gasteiger partial charge in [-0.2, -0.15) is 0 Å². The Balaban J connectivity index is 2.05. The van der Waals surface area contributed by atoms with E-state index in [1.54, 1.807) is 0 Å². The van der Waals surface area contributed by atoms with E-state index in [0.717, 1.165) is 25.1 Å². The van der Waals surface area contributed by atoms with Gasteiger partial charge in [-0.25, -0.2) is 0 Å². The molecule has 1 atom stereocenters. The monoisotopic (exact) mass is 284 g/mol. The Bertz CT molecular complexity index is 229. The normalized spacial score (nSPS) is 17.1. The summed E-state index contributed by atoms with van der Waals surface area (Å²) in [6, 6.07) is 1.38. The van der Waals surface area contributed by atoms with Gasteiger partial charge < -0.3 is 10.1 Å².